The highest BCUT2D eigenvalue weighted by Crippen LogP contribution is 2.27. The number of aromatic nitrogens is 3. The molecule has 0 amide bonds. The lowest BCUT2D eigenvalue weighted by Crippen LogP contribution is -2.11. The van der Waals surface area contributed by atoms with E-state index in [9.17, 15) is 14.4 Å². The van der Waals surface area contributed by atoms with Crippen molar-refractivity contribution in [1.82, 2.24) is 14.8 Å². The summed E-state index contributed by atoms with van der Waals surface area (Å²) in [6, 6.07) is 22.8. The molecule has 13 heteroatoms. The van der Waals surface area contributed by atoms with E-state index in [1.54, 1.807) is 78.9 Å². The molecule has 1 aromatic heterocycles. The Labute approximate surface area is 270 Å². The number of hydrogen-bond donors (Lipinski definition) is 2. The number of carbonyl (C=O) groups excluding carboxylic acids is 2. The maximum Gasteiger partial charge on any atom is 0.375 e. The van der Waals surface area contributed by atoms with E-state index in [-0.39, 0.29) is 39.4 Å². The van der Waals surface area contributed by atoms with Gasteiger partial charge >= 0.3 is 5.97 Å². The first kappa shape index (κ1) is 32.0. The van der Waals surface area contributed by atoms with Gasteiger partial charge in [-0.15, -0.1) is 16.7 Å². The first-order valence-electron chi connectivity index (χ1n) is 12.2. The number of halogens is 5. The molecule has 43 heavy (non-hydrogen) atoms. The summed E-state index contributed by atoms with van der Waals surface area (Å²) in [5, 5.41) is 14.5. The van der Waals surface area contributed by atoms with E-state index in [4.69, 9.17) is 68.8 Å². The second-order valence-corrected chi connectivity index (χ2v) is 10.7. The Morgan fingerprint density at radius 3 is 1.77 bits per heavy atom. The van der Waals surface area contributed by atoms with Crippen LogP contribution in [-0.4, -0.2) is 37.4 Å². The molecule has 0 aliphatic rings. The Hall–Kier alpha value is -3.92. The van der Waals surface area contributed by atoms with Crippen LogP contribution in [0.2, 0.25) is 20.1 Å². The summed E-state index contributed by atoms with van der Waals surface area (Å²) < 4.78 is 1.22. The fourth-order valence-electron chi connectivity index (χ4n) is 3.90. The Kier molecular flexibility index (Phi) is 10.4. The molecule has 218 valence electrons. The van der Waals surface area contributed by atoms with E-state index < -0.39 is 11.8 Å². The van der Waals surface area contributed by atoms with Gasteiger partial charge in [-0.2, -0.15) is 0 Å². The summed E-state index contributed by atoms with van der Waals surface area (Å²) >= 11 is 29.8. The molecule has 0 spiro atoms. The average molecular weight is 677 g/mol. The SMILES string of the molecule is Nc1ccc(Cl)cc1C(=O)c1ccccc1Cl.O=C(O)c1nc(CCl)n(-c2ccc(Cl)cc2C(=O)c2ccccc2Cl)n1. The molecular formula is C30H19Cl5N4O4. The third-order valence-corrected chi connectivity index (χ3v) is 7.28. The van der Waals surface area contributed by atoms with Crippen LogP contribution in [0, 0.1) is 0 Å². The monoisotopic (exact) mass is 674 g/mol. The molecule has 0 bridgehead atoms. The molecule has 4 aromatic carbocycles. The highest BCUT2D eigenvalue weighted by molar-refractivity contribution is 6.36. The molecule has 1 heterocycles. The third-order valence-electron chi connectivity index (χ3n) is 5.91. The van der Waals surface area contributed by atoms with Crippen LogP contribution in [0.15, 0.2) is 84.9 Å². The predicted octanol–water partition coefficient (Wildman–Crippen LogP) is 8.05. The summed E-state index contributed by atoms with van der Waals surface area (Å²) in [5.41, 5.74) is 7.70. The number of hydrogen-bond acceptors (Lipinski definition) is 6. The number of nitrogens with two attached hydrogens (primary N) is 1. The molecule has 0 saturated carbocycles. The maximum atomic E-state index is 13.0. The Morgan fingerprint density at radius 2 is 1.23 bits per heavy atom. The predicted molar refractivity (Wildman–Crippen MR) is 169 cm³/mol. The molecular weight excluding hydrogens is 658 g/mol. The van der Waals surface area contributed by atoms with Gasteiger partial charge in [-0.05, 0) is 60.7 Å². The van der Waals surface area contributed by atoms with Crippen LogP contribution in [-0.2, 0) is 5.88 Å². The van der Waals surface area contributed by atoms with Crippen LogP contribution in [0.3, 0.4) is 0 Å². The van der Waals surface area contributed by atoms with E-state index in [1.165, 1.54) is 10.7 Å². The zero-order valence-electron chi connectivity index (χ0n) is 21.8. The van der Waals surface area contributed by atoms with E-state index in [0.717, 1.165) is 0 Å². The number of nitrogen functional groups attached to an aromatic ring is 1. The van der Waals surface area contributed by atoms with E-state index in [0.29, 0.717) is 37.6 Å². The zero-order chi connectivity index (χ0) is 31.3. The quantitative estimate of drug-likeness (QED) is 0.101. The fraction of sp³-hybridized carbons (Fsp3) is 0.0333. The second kappa shape index (κ2) is 14.0. The molecule has 5 rings (SSSR count). The van der Waals surface area contributed by atoms with Gasteiger partial charge in [0.2, 0.25) is 0 Å². The van der Waals surface area contributed by atoms with Gasteiger partial charge in [0.15, 0.2) is 11.6 Å². The molecule has 3 N–H and O–H groups in total. The molecule has 0 aliphatic heterocycles. The van der Waals surface area contributed by atoms with Gasteiger partial charge in [0, 0.05) is 38.0 Å². The largest absolute Gasteiger partial charge is 0.475 e. The molecule has 0 radical (unpaired) electrons. The number of alkyl halides is 1. The van der Waals surface area contributed by atoms with Crippen LogP contribution in [0.1, 0.15) is 48.3 Å². The number of nitrogens with zero attached hydrogens (tertiary/aromatic N) is 3. The van der Waals surface area contributed by atoms with E-state index in [1.807, 2.05) is 0 Å². The average Bonchev–Trinajstić information content (AvgIpc) is 3.43. The van der Waals surface area contributed by atoms with Gasteiger partial charge in [-0.25, -0.2) is 14.5 Å². The van der Waals surface area contributed by atoms with Gasteiger partial charge in [0.25, 0.3) is 5.82 Å². The van der Waals surface area contributed by atoms with Gasteiger partial charge < -0.3 is 10.8 Å². The van der Waals surface area contributed by atoms with Crippen molar-refractivity contribution < 1.29 is 19.5 Å². The van der Waals surface area contributed by atoms with Crippen molar-refractivity contribution in [1.29, 1.82) is 0 Å². The number of aromatic carboxylic acids is 1. The van der Waals surface area contributed by atoms with Crippen LogP contribution in [0.25, 0.3) is 5.69 Å². The summed E-state index contributed by atoms with van der Waals surface area (Å²) in [5.74, 6) is -2.26. The smallest absolute Gasteiger partial charge is 0.375 e. The van der Waals surface area contributed by atoms with Crippen molar-refractivity contribution in [2.45, 2.75) is 5.88 Å². The van der Waals surface area contributed by atoms with Gasteiger partial charge in [-0.3, -0.25) is 9.59 Å². The van der Waals surface area contributed by atoms with Gasteiger partial charge in [0.1, 0.15) is 5.82 Å². The molecule has 0 unspecified atom stereocenters. The summed E-state index contributed by atoms with van der Waals surface area (Å²) in [7, 11) is 0. The molecule has 5 aromatic rings. The summed E-state index contributed by atoms with van der Waals surface area (Å²) in [4.78, 5) is 40.3. The van der Waals surface area contributed by atoms with Crippen molar-refractivity contribution in [2.75, 3.05) is 5.73 Å². The number of ketones is 2. The van der Waals surface area contributed by atoms with Crippen molar-refractivity contribution in [2.24, 2.45) is 0 Å². The Morgan fingerprint density at radius 1 is 0.721 bits per heavy atom. The van der Waals surface area contributed by atoms with Crippen molar-refractivity contribution in [3.05, 3.63) is 139 Å². The van der Waals surface area contributed by atoms with Crippen molar-refractivity contribution in [3.63, 3.8) is 0 Å². The third kappa shape index (κ3) is 7.36. The standard InChI is InChI=1S/C17H10Cl3N3O3.C13H9Cl2NO/c18-8-14-21-16(17(25)26)22-23(14)13-6-5-9(19)7-11(13)15(24)10-3-1-2-4-12(10)20;14-8-5-6-12(16)10(7-8)13(17)9-3-1-2-4-11(9)15/h1-7H,8H2,(H,25,26);1-7H,16H2. The molecule has 0 fully saturated rings. The number of benzene rings is 4. The van der Waals surface area contributed by atoms with Gasteiger partial charge in [0.05, 0.1) is 21.6 Å². The Bertz CT molecular complexity index is 1860. The topological polar surface area (TPSA) is 128 Å². The number of anilines is 1. The normalized spacial score (nSPS) is 10.5. The first-order chi connectivity index (χ1) is 20.5. The summed E-state index contributed by atoms with van der Waals surface area (Å²) in [6.45, 7) is 0. The minimum atomic E-state index is -1.30. The van der Waals surface area contributed by atoms with Crippen molar-refractivity contribution in [3.8, 4) is 5.69 Å². The lowest BCUT2D eigenvalue weighted by molar-refractivity contribution is 0.0683. The highest BCUT2D eigenvalue weighted by Gasteiger charge is 2.22. The van der Waals surface area contributed by atoms with E-state index in [2.05, 4.69) is 10.1 Å². The number of carbonyl (C=O) groups is 3. The van der Waals surface area contributed by atoms with Crippen LogP contribution in [0.5, 0.6) is 0 Å². The second-order valence-electron chi connectivity index (χ2n) is 8.71. The molecule has 0 saturated heterocycles. The lowest BCUT2D eigenvalue weighted by atomic mass is 10.0. The van der Waals surface area contributed by atoms with E-state index >= 15 is 0 Å². The molecule has 8 nitrogen and oxygen atoms in total. The highest BCUT2D eigenvalue weighted by atomic mass is 35.5. The Balaban J connectivity index is 0.000000215. The van der Waals surface area contributed by atoms with Crippen LogP contribution < -0.4 is 5.73 Å². The van der Waals surface area contributed by atoms with Crippen LogP contribution in [0.4, 0.5) is 5.69 Å². The minimum Gasteiger partial charge on any atom is -0.475 e. The maximum absolute atomic E-state index is 13.0. The first-order valence-corrected chi connectivity index (χ1v) is 14.2. The van der Waals surface area contributed by atoms with Crippen LogP contribution >= 0.6 is 58.0 Å². The van der Waals surface area contributed by atoms with Gasteiger partial charge in [-0.1, -0.05) is 70.7 Å². The lowest BCUT2D eigenvalue weighted by Gasteiger charge is -2.11. The van der Waals surface area contributed by atoms with Crippen molar-refractivity contribution >= 4 is 81.2 Å². The number of carboxylic acids is 1. The minimum absolute atomic E-state index is 0.0946. The number of carboxylic acid groups (broad SMARTS) is 1. The number of rotatable bonds is 7. The fourth-order valence-corrected chi connectivity index (χ4v) is 4.86. The molecule has 0 atom stereocenters. The molecule has 0 aliphatic carbocycles. The summed E-state index contributed by atoms with van der Waals surface area (Å²) in [6.07, 6.45) is 0. The zero-order valence-corrected chi connectivity index (χ0v) is 25.6.